The largest absolute Gasteiger partial charge is 0.314 e. The van der Waals surface area contributed by atoms with Crippen molar-refractivity contribution in [1.29, 1.82) is 0 Å². The maximum atomic E-state index is 3.71. The molecule has 1 heteroatoms. The van der Waals surface area contributed by atoms with E-state index in [2.05, 4.69) is 12.2 Å². The fourth-order valence-corrected chi connectivity index (χ4v) is 2.12. The molecule has 0 saturated heterocycles. The van der Waals surface area contributed by atoms with Crippen LogP contribution in [0.5, 0.6) is 0 Å². The lowest BCUT2D eigenvalue weighted by Gasteiger charge is -2.17. The lowest BCUT2D eigenvalue weighted by molar-refractivity contribution is 0.414. The quantitative estimate of drug-likeness (QED) is 0.636. The van der Waals surface area contributed by atoms with Gasteiger partial charge in [-0.2, -0.15) is 0 Å². The summed E-state index contributed by atoms with van der Waals surface area (Å²) in [5, 5.41) is 3.71. The molecule has 0 aromatic heterocycles. The van der Waals surface area contributed by atoms with Gasteiger partial charge in [0, 0.05) is 6.04 Å². The molecule has 0 atom stereocenters. The lowest BCUT2D eigenvalue weighted by Crippen LogP contribution is -2.30. The second-order valence-corrected chi connectivity index (χ2v) is 5.01. The van der Waals surface area contributed by atoms with Crippen LogP contribution in [0.15, 0.2) is 0 Å². The standard InChI is InChI=1S/C12H23N/c1-2-7-13-12(8-10-3-4-10)9-11-5-6-11/h10-13H,2-9H2,1H3. The van der Waals surface area contributed by atoms with Crippen molar-refractivity contribution in [3.8, 4) is 0 Å². The van der Waals surface area contributed by atoms with Crippen molar-refractivity contribution >= 4 is 0 Å². The fraction of sp³-hybridized carbons (Fsp3) is 1.00. The van der Waals surface area contributed by atoms with Gasteiger partial charge in [-0.3, -0.25) is 0 Å². The summed E-state index contributed by atoms with van der Waals surface area (Å²) in [4.78, 5) is 0. The van der Waals surface area contributed by atoms with Gasteiger partial charge in [-0.25, -0.2) is 0 Å². The van der Waals surface area contributed by atoms with Crippen molar-refractivity contribution < 1.29 is 0 Å². The Morgan fingerprint density at radius 2 is 1.62 bits per heavy atom. The molecule has 2 fully saturated rings. The van der Waals surface area contributed by atoms with E-state index in [4.69, 9.17) is 0 Å². The molecular weight excluding hydrogens is 158 g/mol. The molecule has 1 nitrogen and oxygen atoms in total. The summed E-state index contributed by atoms with van der Waals surface area (Å²) in [6.45, 7) is 3.49. The van der Waals surface area contributed by atoms with Gasteiger partial charge < -0.3 is 5.32 Å². The number of rotatable bonds is 7. The molecule has 2 aliphatic carbocycles. The third-order valence-corrected chi connectivity index (χ3v) is 3.31. The molecule has 0 bridgehead atoms. The minimum absolute atomic E-state index is 0.861. The van der Waals surface area contributed by atoms with Crippen LogP contribution < -0.4 is 5.32 Å². The van der Waals surface area contributed by atoms with E-state index in [0.717, 1.165) is 17.9 Å². The highest BCUT2D eigenvalue weighted by molar-refractivity contribution is 4.85. The summed E-state index contributed by atoms with van der Waals surface area (Å²) in [6, 6.07) is 0.861. The summed E-state index contributed by atoms with van der Waals surface area (Å²) in [5.74, 6) is 2.18. The van der Waals surface area contributed by atoms with Crippen LogP contribution in [0, 0.1) is 11.8 Å². The second-order valence-electron chi connectivity index (χ2n) is 5.01. The zero-order chi connectivity index (χ0) is 9.10. The topological polar surface area (TPSA) is 12.0 Å². The Labute approximate surface area is 82.3 Å². The molecule has 76 valence electrons. The highest BCUT2D eigenvalue weighted by atomic mass is 14.9. The molecule has 0 unspecified atom stereocenters. The fourth-order valence-electron chi connectivity index (χ4n) is 2.12. The van der Waals surface area contributed by atoms with Gasteiger partial charge in [-0.1, -0.05) is 32.6 Å². The van der Waals surface area contributed by atoms with Crippen molar-refractivity contribution in [1.82, 2.24) is 5.32 Å². The van der Waals surface area contributed by atoms with Gasteiger partial charge in [0.05, 0.1) is 0 Å². The molecule has 13 heavy (non-hydrogen) atoms. The van der Waals surface area contributed by atoms with Crippen LogP contribution in [0.2, 0.25) is 0 Å². The highest BCUT2D eigenvalue weighted by Crippen LogP contribution is 2.38. The average molecular weight is 181 g/mol. The SMILES string of the molecule is CCCNC(CC1CC1)CC1CC1. The third-order valence-electron chi connectivity index (χ3n) is 3.31. The molecule has 0 aromatic rings. The van der Waals surface area contributed by atoms with Crippen LogP contribution in [-0.4, -0.2) is 12.6 Å². The van der Waals surface area contributed by atoms with E-state index in [0.29, 0.717) is 0 Å². The predicted molar refractivity (Wildman–Crippen MR) is 56.8 cm³/mol. The first kappa shape index (κ1) is 9.51. The van der Waals surface area contributed by atoms with Crippen LogP contribution in [0.1, 0.15) is 51.9 Å². The number of hydrogen-bond donors (Lipinski definition) is 1. The lowest BCUT2D eigenvalue weighted by atomic mass is 10.0. The van der Waals surface area contributed by atoms with Crippen molar-refractivity contribution in [2.45, 2.75) is 57.9 Å². The van der Waals surface area contributed by atoms with Crippen LogP contribution >= 0.6 is 0 Å². The van der Waals surface area contributed by atoms with Crippen LogP contribution in [0.25, 0.3) is 0 Å². The van der Waals surface area contributed by atoms with Crippen molar-refractivity contribution in [3.05, 3.63) is 0 Å². The minimum Gasteiger partial charge on any atom is -0.314 e. The molecule has 2 saturated carbocycles. The zero-order valence-corrected chi connectivity index (χ0v) is 8.89. The van der Waals surface area contributed by atoms with E-state index in [1.54, 1.807) is 0 Å². The summed E-state index contributed by atoms with van der Waals surface area (Å²) in [6.07, 6.45) is 10.3. The van der Waals surface area contributed by atoms with Crippen molar-refractivity contribution in [3.63, 3.8) is 0 Å². The Kier molecular flexibility index (Phi) is 3.26. The van der Waals surface area contributed by atoms with E-state index >= 15 is 0 Å². The van der Waals surface area contributed by atoms with E-state index in [1.807, 2.05) is 0 Å². The summed E-state index contributed by atoms with van der Waals surface area (Å²) < 4.78 is 0. The van der Waals surface area contributed by atoms with Crippen molar-refractivity contribution in [2.24, 2.45) is 11.8 Å². The molecule has 0 aromatic carbocycles. The molecule has 0 heterocycles. The maximum Gasteiger partial charge on any atom is 0.00723 e. The van der Waals surface area contributed by atoms with Gasteiger partial charge in [0.25, 0.3) is 0 Å². The summed E-state index contributed by atoms with van der Waals surface area (Å²) >= 11 is 0. The molecule has 0 radical (unpaired) electrons. The molecule has 2 aliphatic rings. The monoisotopic (exact) mass is 181 g/mol. The van der Waals surface area contributed by atoms with Crippen molar-refractivity contribution in [2.75, 3.05) is 6.54 Å². The number of nitrogens with one attached hydrogen (secondary N) is 1. The van der Waals surface area contributed by atoms with E-state index in [9.17, 15) is 0 Å². The predicted octanol–water partition coefficient (Wildman–Crippen LogP) is 2.95. The molecule has 2 rings (SSSR count). The van der Waals surface area contributed by atoms with E-state index in [1.165, 1.54) is 51.5 Å². The molecule has 1 N–H and O–H groups in total. The Balaban J connectivity index is 1.64. The smallest absolute Gasteiger partial charge is 0.00723 e. The Morgan fingerprint density at radius 1 is 1.08 bits per heavy atom. The highest BCUT2D eigenvalue weighted by Gasteiger charge is 2.29. The molecular formula is C12H23N. The van der Waals surface area contributed by atoms with Gasteiger partial charge in [0.2, 0.25) is 0 Å². The van der Waals surface area contributed by atoms with Gasteiger partial charge in [0.15, 0.2) is 0 Å². The Hall–Kier alpha value is -0.0400. The molecule has 0 aliphatic heterocycles. The Bertz CT molecular complexity index is 133. The molecule has 0 amide bonds. The van der Waals surface area contributed by atoms with E-state index in [-0.39, 0.29) is 0 Å². The van der Waals surface area contributed by atoms with Gasteiger partial charge >= 0.3 is 0 Å². The summed E-state index contributed by atoms with van der Waals surface area (Å²) in [7, 11) is 0. The van der Waals surface area contributed by atoms with Gasteiger partial charge in [0.1, 0.15) is 0 Å². The normalized spacial score (nSPS) is 22.6. The van der Waals surface area contributed by atoms with Crippen LogP contribution in [0.3, 0.4) is 0 Å². The van der Waals surface area contributed by atoms with Crippen LogP contribution in [0.4, 0.5) is 0 Å². The zero-order valence-electron chi connectivity index (χ0n) is 8.89. The first-order valence-electron chi connectivity index (χ1n) is 6.12. The van der Waals surface area contributed by atoms with Gasteiger partial charge in [-0.05, 0) is 37.6 Å². The number of hydrogen-bond acceptors (Lipinski definition) is 1. The Morgan fingerprint density at radius 3 is 2.00 bits per heavy atom. The third kappa shape index (κ3) is 3.68. The van der Waals surface area contributed by atoms with E-state index < -0.39 is 0 Å². The maximum absolute atomic E-state index is 3.71. The van der Waals surface area contributed by atoms with Gasteiger partial charge in [-0.15, -0.1) is 0 Å². The van der Waals surface area contributed by atoms with Crippen LogP contribution in [-0.2, 0) is 0 Å². The first-order chi connectivity index (χ1) is 6.38. The second kappa shape index (κ2) is 4.45. The minimum atomic E-state index is 0.861. The average Bonchev–Trinajstić information content (AvgIpc) is 2.94. The summed E-state index contributed by atoms with van der Waals surface area (Å²) in [5.41, 5.74) is 0. The first-order valence-corrected chi connectivity index (χ1v) is 6.12. The molecule has 0 spiro atoms.